The Morgan fingerprint density at radius 1 is 1.30 bits per heavy atom. The summed E-state index contributed by atoms with van der Waals surface area (Å²) in [6.07, 6.45) is 0. The van der Waals surface area contributed by atoms with Crippen LogP contribution in [0, 0.1) is 20.8 Å². The standard InChI is InChI=1S/C17H22N2O3S/c1-10-6-7-23-14(10)9-19(4)8-13(20)16-11(2)15(12(3)18-16)17(21)22-5/h6-7,18H,8-9H2,1-5H3. The third-order valence-corrected chi connectivity index (χ3v) is 4.91. The Bertz CT molecular complexity index is 730. The molecule has 0 saturated heterocycles. The number of ketones is 1. The quantitative estimate of drug-likeness (QED) is 0.651. The van der Waals surface area contributed by atoms with Crippen molar-refractivity contribution in [3.05, 3.63) is 44.4 Å². The van der Waals surface area contributed by atoms with Crippen LogP contribution in [0.25, 0.3) is 0 Å². The number of likely N-dealkylation sites (N-methyl/N-ethyl adjacent to an activating group) is 1. The molecular formula is C17H22N2O3S. The van der Waals surface area contributed by atoms with Crippen molar-refractivity contribution in [2.45, 2.75) is 27.3 Å². The molecule has 6 heteroatoms. The molecule has 2 heterocycles. The molecule has 0 radical (unpaired) electrons. The van der Waals surface area contributed by atoms with E-state index in [9.17, 15) is 9.59 Å². The molecule has 1 N–H and O–H groups in total. The summed E-state index contributed by atoms with van der Waals surface area (Å²) in [4.78, 5) is 30.6. The number of methoxy groups -OCH3 is 1. The van der Waals surface area contributed by atoms with Crippen LogP contribution in [0.3, 0.4) is 0 Å². The van der Waals surface area contributed by atoms with E-state index in [4.69, 9.17) is 4.74 Å². The minimum atomic E-state index is -0.419. The number of hydrogen-bond acceptors (Lipinski definition) is 5. The molecule has 5 nitrogen and oxygen atoms in total. The van der Waals surface area contributed by atoms with Gasteiger partial charge in [0, 0.05) is 17.1 Å². The Kier molecular flexibility index (Phi) is 5.38. The van der Waals surface area contributed by atoms with Gasteiger partial charge in [-0.15, -0.1) is 11.3 Å². The molecule has 0 saturated carbocycles. The number of esters is 1. The summed E-state index contributed by atoms with van der Waals surface area (Å²) in [5.41, 5.74) is 3.49. The van der Waals surface area contributed by atoms with Crippen molar-refractivity contribution in [1.82, 2.24) is 9.88 Å². The third kappa shape index (κ3) is 3.71. The maximum absolute atomic E-state index is 12.5. The van der Waals surface area contributed by atoms with Crippen LogP contribution in [-0.4, -0.2) is 42.3 Å². The lowest BCUT2D eigenvalue weighted by Crippen LogP contribution is -2.26. The normalized spacial score (nSPS) is 11.0. The number of thiophene rings is 1. The number of ether oxygens (including phenoxy) is 1. The fourth-order valence-corrected chi connectivity index (χ4v) is 3.61. The number of aromatic nitrogens is 1. The number of aryl methyl sites for hydroxylation is 2. The van der Waals surface area contributed by atoms with Crippen LogP contribution in [-0.2, 0) is 11.3 Å². The van der Waals surface area contributed by atoms with Crippen LogP contribution in [0.4, 0.5) is 0 Å². The van der Waals surface area contributed by atoms with E-state index in [1.165, 1.54) is 17.6 Å². The predicted molar refractivity (Wildman–Crippen MR) is 91.3 cm³/mol. The van der Waals surface area contributed by atoms with E-state index in [0.29, 0.717) is 29.1 Å². The molecule has 124 valence electrons. The number of nitrogens with one attached hydrogen (secondary N) is 1. The maximum Gasteiger partial charge on any atom is 0.339 e. The lowest BCUT2D eigenvalue weighted by Gasteiger charge is -2.15. The molecule has 0 aliphatic rings. The molecule has 0 aliphatic carbocycles. The summed E-state index contributed by atoms with van der Waals surface area (Å²) in [6, 6.07) is 2.08. The second-order valence-corrected chi connectivity index (χ2v) is 6.74. The molecule has 2 aromatic rings. The number of aromatic amines is 1. The van der Waals surface area contributed by atoms with E-state index in [1.54, 1.807) is 25.2 Å². The number of rotatable bonds is 6. The number of H-pyrrole nitrogens is 1. The summed E-state index contributed by atoms with van der Waals surface area (Å²) in [5.74, 6) is -0.449. The second kappa shape index (κ2) is 7.10. The fourth-order valence-electron chi connectivity index (χ4n) is 2.63. The van der Waals surface area contributed by atoms with Crippen LogP contribution < -0.4 is 0 Å². The molecular weight excluding hydrogens is 312 g/mol. The Hall–Kier alpha value is -1.92. The number of carbonyl (C=O) groups excluding carboxylic acids is 2. The van der Waals surface area contributed by atoms with E-state index >= 15 is 0 Å². The maximum atomic E-state index is 12.5. The van der Waals surface area contributed by atoms with E-state index in [1.807, 2.05) is 11.9 Å². The van der Waals surface area contributed by atoms with Gasteiger partial charge in [0.2, 0.25) is 0 Å². The van der Waals surface area contributed by atoms with Crippen molar-refractivity contribution in [3.63, 3.8) is 0 Å². The van der Waals surface area contributed by atoms with Crippen LogP contribution in [0.2, 0.25) is 0 Å². The Morgan fingerprint density at radius 3 is 2.57 bits per heavy atom. The van der Waals surface area contributed by atoms with Gasteiger partial charge in [-0.25, -0.2) is 4.79 Å². The van der Waals surface area contributed by atoms with Crippen LogP contribution in [0.5, 0.6) is 0 Å². The van der Waals surface area contributed by atoms with Crippen molar-refractivity contribution in [1.29, 1.82) is 0 Å². The monoisotopic (exact) mass is 334 g/mol. The van der Waals surface area contributed by atoms with Crippen LogP contribution in [0.1, 0.15) is 42.5 Å². The summed E-state index contributed by atoms with van der Waals surface area (Å²) in [6.45, 7) is 6.64. The molecule has 0 atom stereocenters. The molecule has 0 unspecified atom stereocenters. The first-order valence-corrected chi connectivity index (χ1v) is 8.25. The highest BCUT2D eigenvalue weighted by molar-refractivity contribution is 7.10. The molecule has 23 heavy (non-hydrogen) atoms. The first-order valence-electron chi connectivity index (χ1n) is 7.37. The highest BCUT2D eigenvalue weighted by Crippen LogP contribution is 2.21. The smallest absolute Gasteiger partial charge is 0.339 e. The van der Waals surface area contributed by atoms with Gasteiger partial charge in [0.25, 0.3) is 0 Å². The Balaban J connectivity index is 2.12. The van der Waals surface area contributed by atoms with E-state index in [2.05, 4.69) is 23.4 Å². The largest absolute Gasteiger partial charge is 0.465 e. The van der Waals surface area contributed by atoms with Crippen LogP contribution in [0.15, 0.2) is 11.4 Å². The zero-order valence-corrected chi connectivity index (χ0v) is 15.0. The van der Waals surface area contributed by atoms with Gasteiger partial charge in [0.1, 0.15) is 0 Å². The highest BCUT2D eigenvalue weighted by Gasteiger charge is 2.23. The lowest BCUT2D eigenvalue weighted by atomic mass is 10.1. The molecule has 0 amide bonds. The highest BCUT2D eigenvalue weighted by atomic mass is 32.1. The van der Waals surface area contributed by atoms with Crippen molar-refractivity contribution in [3.8, 4) is 0 Å². The van der Waals surface area contributed by atoms with Gasteiger partial charge in [0.15, 0.2) is 5.78 Å². The van der Waals surface area contributed by atoms with E-state index < -0.39 is 5.97 Å². The van der Waals surface area contributed by atoms with Crippen molar-refractivity contribution in [2.24, 2.45) is 0 Å². The van der Waals surface area contributed by atoms with Crippen molar-refractivity contribution >= 4 is 23.1 Å². The van der Waals surface area contributed by atoms with Gasteiger partial charge >= 0.3 is 5.97 Å². The van der Waals surface area contributed by atoms with Gasteiger partial charge in [-0.1, -0.05) is 0 Å². The lowest BCUT2D eigenvalue weighted by molar-refractivity contribution is 0.0599. The zero-order chi connectivity index (χ0) is 17.1. The van der Waals surface area contributed by atoms with E-state index in [0.717, 1.165) is 6.54 Å². The van der Waals surface area contributed by atoms with Gasteiger partial charge in [-0.3, -0.25) is 9.69 Å². The van der Waals surface area contributed by atoms with Crippen molar-refractivity contribution < 1.29 is 14.3 Å². The first-order chi connectivity index (χ1) is 10.8. The summed E-state index contributed by atoms with van der Waals surface area (Å²) < 4.78 is 4.78. The SMILES string of the molecule is COC(=O)c1c(C)[nH]c(C(=O)CN(C)Cc2sccc2C)c1C. The number of hydrogen-bond donors (Lipinski definition) is 1. The topological polar surface area (TPSA) is 62.4 Å². The van der Waals surface area contributed by atoms with Gasteiger partial charge < -0.3 is 9.72 Å². The molecule has 2 aromatic heterocycles. The van der Waals surface area contributed by atoms with E-state index in [-0.39, 0.29) is 5.78 Å². The molecule has 0 fully saturated rings. The Labute approximate surface area is 140 Å². The second-order valence-electron chi connectivity index (χ2n) is 5.74. The van der Waals surface area contributed by atoms with Crippen molar-refractivity contribution in [2.75, 3.05) is 20.7 Å². The summed E-state index contributed by atoms with van der Waals surface area (Å²) in [5, 5.41) is 2.06. The number of nitrogens with zero attached hydrogens (tertiary/aromatic N) is 1. The minimum Gasteiger partial charge on any atom is -0.465 e. The zero-order valence-electron chi connectivity index (χ0n) is 14.1. The van der Waals surface area contributed by atoms with Crippen LogP contribution >= 0.6 is 11.3 Å². The van der Waals surface area contributed by atoms with Gasteiger partial charge in [-0.2, -0.15) is 0 Å². The predicted octanol–water partition coefficient (Wildman–Crippen LogP) is 3.10. The molecule has 0 aliphatic heterocycles. The molecule has 0 bridgehead atoms. The average molecular weight is 334 g/mol. The summed E-state index contributed by atoms with van der Waals surface area (Å²) in [7, 11) is 3.26. The average Bonchev–Trinajstić information content (AvgIpc) is 3.02. The number of Topliss-reactive ketones (excluding diaryl/α,β-unsaturated/α-hetero) is 1. The van der Waals surface area contributed by atoms with Gasteiger partial charge in [0.05, 0.1) is 24.9 Å². The first kappa shape index (κ1) is 17.4. The molecule has 0 spiro atoms. The van der Waals surface area contributed by atoms with Gasteiger partial charge in [-0.05, 0) is 50.4 Å². The minimum absolute atomic E-state index is 0.0301. The fraction of sp³-hybridized carbons (Fsp3) is 0.412. The molecule has 0 aromatic carbocycles. The third-order valence-electron chi connectivity index (χ3n) is 3.90. The molecule has 2 rings (SSSR count). The number of carbonyl (C=O) groups is 2. The Morgan fingerprint density at radius 2 is 2.00 bits per heavy atom. The summed E-state index contributed by atoms with van der Waals surface area (Å²) >= 11 is 1.70.